The van der Waals surface area contributed by atoms with Gasteiger partial charge in [0, 0.05) is 25.4 Å². The Bertz CT molecular complexity index is 381. The topological polar surface area (TPSA) is 40.7 Å². The monoisotopic (exact) mass is 215 g/mol. The van der Waals surface area contributed by atoms with E-state index in [9.17, 15) is 0 Å². The van der Waals surface area contributed by atoms with Gasteiger partial charge in [-0.1, -0.05) is 30.3 Å². The second-order valence-corrected chi connectivity index (χ2v) is 3.77. The zero-order valence-electron chi connectivity index (χ0n) is 9.32. The van der Waals surface area contributed by atoms with Gasteiger partial charge in [-0.3, -0.25) is 0 Å². The van der Waals surface area contributed by atoms with Gasteiger partial charge in [0.05, 0.1) is 0 Å². The van der Waals surface area contributed by atoms with Crippen LogP contribution in [0.15, 0.2) is 42.7 Å². The highest BCUT2D eigenvalue weighted by molar-refractivity contribution is 5.14. The van der Waals surface area contributed by atoms with Gasteiger partial charge in [0.25, 0.3) is 0 Å². The molecule has 0 aliphatic carbocycles. The molecule has 0 unspecified atom stereocenters. The zero-order chi connectivity index (χ0) is 11.1. The molecule has 0 bridgehead atoms. The fraction of sp³-hybridized carbons (Fsp3) is 0.308. The minimum absolute atomic E-state index is 0.960. The van der Waals surface area contributed by atoms with Crippen LogP contribution in [0.5, 0.6) is 0 Å². The largest absolute Gasteiger partial charge is 0.349 e. The summed E-state index contributed by atoms with van der Waals surface area (Å²) in [5, 5.41) is 3.41. The minimum atomic E-state index is 0.960. The number of rotatable bonds is 6. The lowest BCUT2D eigenvalue weighted by molar-refractivity contribution is 0.670. The Hall–Kier alpha value is -1.61. The molecule has 0 atom stereocenters. The molecule has 1 heterocycles. The molecule has 0 aliphatic heterocycles. The first-order chi connectivity index (χ1) is 7.95. The van der Waals surface area contributed by atoms with Crippen LogP contribution in [0.25, 0.3) is 0 Å². The van der Waals surface area contributed by atoms with Crippen molar-refractivity contribution in [1.82, 2.24) is 15.3 Å². The van der Waals surface area contributed by atoms with Crippen molar-refractivity contribution in [2.45, 2.75) is 12.8 Å². The van der Waals surface area contributed by atoms with Crippen molar-refractivity contribution in [3.8, 4) is 0 Å². The molecule has 0 saturated carbocycles. The van der Waals surface area contributed by atoms with E-state index in [1.165, 1.54) is 5.56 Å². The smallest absolute Gasteiger partial charge is 0.107 e. The number of hydrogen-bond donors (Lipinski definition) is 2. The molecule has 0 radical (unpaired) electrons. The van der Waals surface area contributed by atoms with Gasteiger partial charge in [-0.05, 0) is 18.5 Å². The lowest BCUT2D eigenvalue weighted by Crippen LogP contribution is -2.20. The number of imidazole rings is 1. The third kappa shape index (κ3) is 3.51. The van der Waals surface area contributed by atoms with E-state index in [1.54, 1.807) is 6.20 Å². The number of benzene rings is 1. The van der Waals surface area contributed by atoms with Crippen molar-refractivity contribution in [1.29, 1.82) is 0 Å². The average Bonchev–Trinajstić information content (AvgIpc) is 2.83. The second-order valence-electron chi connectivity index (χ2n) is 3.77. The van der Waals surface area contributed by atoms with E-state index in [0.717, 1.165) is 31.8 Å². The van der Waals surface area contributed by atoms with Gasteiger partial charge in [-0.15, -0.1) is 0 Å². The molecule has 0 fully saturated rings. The average molecular weight is 215 g/mol. The number of aromatic amines is 1. The highest BCUT2D eigenvalue weighted by Gasteiger charge is 1.94. The Morgan fingerprint density at radius 2 is 1.88 bits per heavy atom. The van der Waals surface area contributed by atoms with Crippen molar-refractivity contribution >= 4 is 0 Å². The summed E-state index contributed by atoms with van der Waals surface area (Å²) in [6, 6.07) is 10.5. The highest BCUT2D eigenvalue weighted by atomic mass is 14.9. The summed E-state index contributed by atoms with van der Waals surface area (Å²) in [5.41, 5.74) is 1.38. The van der Waals surface area contributed by atoms with Crippen LogP contribution in [0.3, 0.4) is 0 Å². The van der Waals surface area contributed by atoms with Crippen LogP contribution in [0.1, 0.15) is 11.4 Å². The summed E-state index contributed by atoms with van der Waals surface area (Å²) < 4.78 is 0. The molecule has 2 aromatic rings. The molecule has 0 saturated heterocycles. The summed E-state index contributed by atoms with van der Waals surface area (Å²) in [7, 11) is 0. The second kappa shape index (κ2) is 6.08. The molecule has 2 rings (SSSR count). The number of H-pyrrole nitrogens is 1. The summed E-state index contributed by atoms with van der Waals surface area (Å²) in [5.74, 6) is 1.05. The molecular weight excluding hydrogens is 198 g/mol. The van der Waals surface area contributed by atoms with Crippen LogP contribution >= 0.6 is 0 Å². The van der Waals surface area contributed by atoms with E-state index in [2.05, 4.69) is 39.6 Å². The molecule has 1 aromatic heterocycles. The summed E-state index contributed by atoms with van der Waals surface area (Å²) >= 11 is 0. The Morgan fingerprint density at radius 1 is 1.06 bits per heavy atom. The maximum absolute atomic E-state index is 4.18. The van der Waals surface area contributed by atoms with Crippen molar-refractivity contribution < 1.29 is 0 Å². The van der Waals surface area contributed by atoms with E-state index in [1.807, 2.05) is 12.3 Å². The van der Waals surface area contributed by atoms with E-state index in [0.29, 0.717) is 0 Å². The van der Waals surface area contributed by atoms with Gasteiger partial charge in [0.2, 0.25) is 0 Å². The zero-order valence-corrected chi connectivity index (χ0v) is 9.32. The minimum Gasteiger partial charge on any atom is -0.349 e. The van der Waals surface area contributed by atoms with Crippen LogP contribution in [-0.2, 0) is 12.8 Å². The first-order valence-corrected chi connectivity index (χ1v) is 5.68. The van der Waals surface area contributed by atoms with E-state index >= 15 is 0 Å². The molecule has 0 aliphatic rings. The number of aromatic nitrogens is 2. The van der Waals surface area contributed by atoms with Crippen LogP contribution in [0.2, 0.25) is 0 Å². The molecule has 16 heavy (non-hydrogen) atoms. The molecule has 84 valence electrons. The number of hydrogen-bond acceptors (Lipinski definition) is 2. The normalized spacial score (nSPS) is 10.5. The van der Waals surface area contributed by atoms with Gasteiger partial charge in [0.15, 0.2) is 0 Å². The van der Waals surface area contributed by atoms with Crippen molar-refractivity contribution in [2.75, 3.05) is 13.1 Å². The molecule has 3 nitrogen and oxygen atoms in total. The van der Waals surface area contributed by atoms with E-state index in [-0.39, 0.29) is 0 Å². The lowest BCUT2D eigenvalue weighted by atomic mass is 10.1. The quantitative estimate of drug-likeness (QED) is 0.721. The van der Waals surface area contributed by atoms with Gasteiger partial charge in [-0.25, -0.2) is 4.98 Å². The maximum Gasteiger partial charge on any atom is 0.107 e. The predicted molar refractivity (Wildman–Crippen MR) is 65.3 cm³/mol. The van der Waals surface area contributed by atoms with Gasteiger partial charge < -0.3 is 10.3 Å². The number of nitrogens with one attached hydrogen (secondary N) is 2. The number of nitrogens with zero attached hydrogens (tertiary/aromatic N) is 1. The van der Waals surface area contributed by atoms with Crippen LogP contribution < -0.4 is 5.32 Å². The lowest BCUT2D eigenvalue weighted by Gasteiger charge is -2.03. The van der Waals surface area contributed by atoms with Crippen LogP contribution in [-0.4, -0.2) is 23.1 Å². The third-order valence-corrected chi connectivity index (χ3v) is 2.53. The Morgan fingerprint density at radius 3 is 2.62 bits per heavy atom. The van der Waals surface area contributed by atoms with Gasteiger partial charge in [-0.2, -0.15) is 0 Å². The van der Waals surface area contributed by atoms with Crippen LogP contribution in [0, 0.1) is 0 Å². The van der Waals surface area contributed by atoms with Gasteiger partial charge in [0.1, 0.15) is 5.82 Å². The molecule has 1 aromatic carbocycles. The molecule has 0 amide bonds. The Balaban J connectivity index is 1.59. The molecule has 2 N–H and O–H groups in total. The standard InChI is InChI=1S/C13H17N3/c1-2-4-12(5-3-1)6-8-14-9-7-13-15-10-11-16-13/h1-5,10-11,14H,6-9H2,(H,15,16). The van der Waals surface area contributed by atoms with Crippen LogP contribution in [0.4, 0.5) is 0 Å². The summed E-state index contributed by atoms with van der Waals surface area (Å²) in [6.07, 6.45) is 5.69. The van der Waals surface area contributed by atoms with Crippen molar-refractivity contribution in [3.63, 3.8) is 0 Å². The maximum atomic E-state index is 4.18. The summed E-state index contributed by atoms with van der Waals surface area (Å²) in [4.78, 5) is 7.27. The van der Waals surface area contributed by atoms with E-state index in [4.69, 9.17) is 0 Å². The van der Waals surface area contributed by atoms with Gasteiger partial charge >= 0.3 is 0 Å². The highest BCUT2D eigenvalue weighted by Crippen LogP contribution is 1.98. The molecular formula is C13H17N3. The SMILES string of the molecule is c1ccc(CCNCCc2ncc[nH]2)cc1. The molecule has 3 heteroatoms. The molecule has 0 spiro atoms. The summed E-state index contributed by atoms with van der Waals surface area (Å²) in [6.45, 7) is 1.99. The third-order valence-electron chi connectivity index (χ3n) is 2.53. The Kier molecular flexibility index (Phi) is 4.14. The van der Waals surface area contributed by atoms with Crippen molar-refractivity contribution in [3.05, 3.63) is 54.1 Å². The predicted octanol–water partition coefficient (Wildman–Crippen LogP) is 1.78. The first-order valence-electron chi connectivity index (χ1n) is 5.68. The fourth-order valence-electron chi connectivity index (χ4n) is 1.64. The fourth-order valence-corrected chi connectivity index (χ4v) is 1.64. The first kappa shape index (κ1) is 10.9. The van der Waals surface area contributed by atoms with E-state index < -0.39 is 0 Å². The van der Waals surface area contributed by atoms with Crippen molar-refractivity contribution in [2.24, 2.45) is 0 Å². The Labute approximate surface area is 95.9 Å².